The first kappa shape index (κ1) is 13.2. The van der Waals surface area contributed by atoms with Crippen molar-refractivity contribution in [1.29, 1.82) is 0 Å². The van der Waals surface area contributed by atoms with Crippen LogP contribution in [0.3, 0.4) is 0 Å². The van der Waals surface area contributed by atoms with Gasteiger partial charge in [0.2, 0.25) is 5.91 Å². The second-order valence-corrected chi connectivity index (χ2v) is 5.04. The summed E-state index contributed by atoms with van der Waals surface area (Å²) in [4.78, 5) is 23.6. The van der Waals surface area contributed by atoms with E-state index in [2.05, 4.69) is 5.32 Å². The fourth-order valence-corrected chi connectivity index (χ4v) is 2.71. The van der Waals surface area contributed by atoms with Gasteiger partial charge in [-0.2, -0.15) is 13.2 Å². The summed E-state index contributed by atoms with van der Waals surface area (Å²) in [6, 6.07) is -0.912. The van der Waals surface area contributed by atoms with E-state index in [1.54, 1.807) is 0 Å². The molecule has 0 unspecified atom stereocenters. The van der Waals surface area contributed by atoms with Crippen LogP contribution in [0.5, 0.6) is 0 Å². The van der Waals surface area contributed by atoms with Crippen LogP contribution in [0.2, 0.25) is 0 Å². The molecule has 2 aliphatic rings. The highest BCUT2D eigenvalue weighted by atomic mass is 19.4. The van der Waals surface area contributed by atoms with Crippen LogP contribution in [-0.4, -0.2) is 35.1 Å². The van der Waals surface area contributed by atoms with E-state index in [9.17, 15) is 22.8 Å². The van der Waals surface area contributed by atoms with Gasteiger partial charge in [-0.3, -0.25) is 9.69 Å². The molecule has 7 heteroatoms. The number of halogens is 3. The summed E-state index contributed by atoms with van der Waals surface area (Å²) in [5, 5.41) is 2.60. The molecule has 1 saturated carbocycles. The minimum Gasteiger partial charge on any atom is -0.332 e. The van der Waals surface area contributed by atoms with E-state index in [-0.39, 0.29) is 11.3 Å². The van der Waals surface area contributed by atoms with E-state index in [0.29, 0.717) is 12.8 Å². The number of nitrogens with zero attached hydrogens (tertiary/aromatic N) is 1. The molecular weight excluding hydrogens is 249 g/mol. The van der Waals surface area contributed by atoms with E-state index in [1.807, 2.05) is 0 Å². The van der Waals surface area contributed by atoms with Crippen LogP contribution in [0.15, 0.2) is 0 Å². The third-order valence-corrected chi connectivity index (χ3v) is 3.56. The van der Waals surface area contributed by atoms with E-state index >= 15 is 0 Å². The Morgan fingerprint density at radius 3 is 2.28 bits per heavy atom. The van der Waals surface area contributed by atoms with Crippen molar-refractivity contribution in [2.75, 3.05) is 6.54 Å². The third-order valence-electron chi connectivity index (χ3n) is 3.56. The Hall–Kier alpha value is -1.27. The Balaban J connectivity index is 2.08. The first-order chi connectivity index (χ1) is 8.31. The van der Waals surface area contributed by atoms with E-state index in [4.69, 9.17) is 0 Å². The topological polar surface area (TPSA) is 49.4 Å². The Bertz CT molecular complexity index is 342. The van der Waals surface area contributed by atoms with Crippen LogP contribution in [0, 0.1) is 0 Å². The van der Waals surface area contributed by atoms with Crippen LogP contribution < -0.4 is 5.32 Å². The SMILES string of the molecule is O=C1CC2(CCCCC2)NC(=O)N1CC(F)(F)F. The molecule has 0 aromatic heterocycles. The summed E-state index contributed by atoms with van der Waals surface area (Å²) >= 11 is 0. The van der Waals surface area contributed by atoms with Crippen LogP contribution in [0.1, 0.15) is 38.5 Å². The second kappa shape index (κ2) is 4.44. The molecule has 18 heavy (non-hydrogen) atoms. The average molecular weight is 264 g/mol. The normalized spacial score (nSPS) is 24.3. The predicted octanol–water partition coefficient (Wildman–Crippen LogP) is 2.19. The first-order valence-electron chi connectivity index (χ1n) is 6.01. The molecule has 1 heterocycles. The molecule has 1 spiro atoms. The van der Waals surface area contributed by atoms with Gasteiger partial charge in [-0.05, 0) is 12.8 Å². The van der Waals surface area contributed by atoms with Crippen molar-refractivity contribution < 1.29 is 22.8 Å². The number of nitrogens with one attached hydrogen (secondary N) is 1. The second-order valence-electron chi connectivity index (χ2n) is 5.04. The van der Waals surface area contributed by atoms with Gasteiger partial charge in [-0.1, -0.05) is 19.3 Å². The lowest BCUT2D eigenvalue weighted by atomic mass is 9.78. The maximum Gasteiger partial charge on any atom is 0.406 e. The molecule has 2 rings (SSSR count). The molecule has 3 amide bonds. The molecule has 1 N–H and O–H groups in total. The third kappa shape index (κ3) is 2.76. The molecule has 0 aromatic rings. The number of hydrogen-bond acceptors (Lipinski definition) is 2. The highest BCUT2D eigenvalue weighted by molar-refractivity contribution is 5.98. The quantitative estimate of drug-likeness (QED) is 0.789. The summed E-state index contributed by atoms with van der Waals surface area (Å²) < 4.78 is 36.7. The number of carbonyl (C=O) groups excluding carboxylic acids is 2. The standard InChI is InChI=1S/C11H15F3N2O2/c12-11(13,14)7-16-8(17)6-10(15-9(16)18)4-2-1-3-5-10/h1-7H2,(H,15,18). The minimum absolute atomic E-state index is 0.0190. The highest BCUT2D eigenvalue weighted by Gasteiger charge is 2.46. The fourth-order valence-electron chi connectivity index (χ4n) is 2.71. The number of imide groups is 1. The molecule has 1 aliphatic heterocycles. The maximum absolute atomic E-state index is 12.2. The summed E-state index contributed by atoms with van der Waals surface area (Å²) in [5.41, 5.74) is -0.603. The van der Waals surface area contributed by atoms with Gasteiger partial charge in [0.25, 0.3) is 0 Å². The lowest BCUT2D eigenvalue weighted by molar-refractivity contribution is -0.158. The first-order valence-corrected chi connectivity index (χ1v) is 6.01. The number of carbonyl (C=O) groups is 2. The number of hydrogen-bond donors (Lipinski definition) is 1. The van der Waals surface area contributed by atoms with E-state index in [1.165, 1.54) is 0 Å². The molecular formula is C11H15F3N2O2. The molecule has 2 fully saturated rings. The molecule has 1 saturated heterocycles. The Morgan fingerprint density at radius 2 is 1.78 bits per heavy atom. The molecule has 0 bridgehead atoms. The summed E-state index contributed by atoms with van der Waals surface area (Å²) in [6.07, 6.45) is -0.398. The molecule has 4 nitrogen and oxygen atoms in total. The van der Waals surface area contributed by atoms with Crippen LogP contribution >= 0.6 is 0 Å². The van der Waals surface area contributed by atoms with Gasteiger partial charge in [0.1, 0.15) is 6.54 Å². The zero-order chi connectivity index (χ0) is 13.4. The lowest BCUT2D eigenvalue weighted by Gasteiger charge is -2.43. The van der Waals surface area contributed by atoms with Crippen molar-refractivity contribution in [3.8, 4) is 0 Å². The van der Waals surface area contributed by atoms with Gasteiger partial charge in [-0.25, -0.2) is 4.79 Å². The highest BCUT2D eigenvalue weighted by Crippen LogP contribution is 2.34. The van der Waals surface area contributed by atoms with Crippen LogP contribution in [0.4, 0.5) is 18.0 Å². The van der Waals surface area contributed by atoms with Crippen molar-refractivity contribution in [3.63, 3.8) is 0 Å². The van der Waals surface area contributed by atoms with Crippen molar-refractivity contribution in [2.45, 2.75) is 50.2 Å². The van der Waals surface area contributed by atoms with Gasteiger partial charge >= 0.3 is 12.2 Å². The molecule has 102 valence electrons. The van der Waals surface area contributed by atoms with Gasteiger partial charge in [0.05, 0.1) is 12.0 Å². The van der Waals surface area contributed by atoms with Gasteiger partial charge in [0, 0.05) is 0 Å². The number of amides is 3. The predicted molar refractivity (Wildman–Crippen MR) is 56.7 cm³/mol. The Kier molecular flexibility index (Phi) is 3.25. The number of alkyl halides is 3. The van der Waals surface area contributed by atoms with Gasteiger partial charge < -0.3 is 5.32 Å². The van der Waals surface area contributed by atoms with Gasteiger partial charge in [-0.15, -0.1) is 0 Å². The monoisotopic (exact) mass is 264 g/mol. The summed E-state index contributed by atoms with van der Waals surface area (Å²) in [5.74, 6) is -0.724. The van der Waals surface area contributed by atoms with Crippen molar-refractivity contribution in [2.24, 2.45) is 0 Å². The lowest BCUT2D eigenvalue weighted by Crippen LogP contribution is -2.63. The van der Waals surface area contributed by atoms with Crippen molar-refractivity contribution in [1.82, 2.24) is 10.2 Å². The Morgan fingerprint density at radius 1 is 1.17 bits per heavy atom. The maximum atomic E-state index is 12.2. The largest absolute Gasteiger partial charge is 0.406 e. The van der Waals surface area contributed by atoms with Crippen LogP contribution in [0.25, 0.3) is 0 Å². The summed E-state index contributed by atoms with van der Waals surface area (Å²) in [6.45, 7) is -1.51. The van der Waals surface area contributed by atoms with E-state index in [0.717, 1.165) is 19.3 Å². The van der Waals surface area contributed by atoms with Crippen LogP contribution in [-0.2, 0) is 4.79 Å². The smallest absolute Gasteiger partial charge is 0.332 e. The Labute approximate surface area is 103 Å². The number of rotatable bonds is 1. The zero-order valence-corrected chi connectivity index (χ0v) is 9.85. The van der Waals surface area contributed by atoms with Crippen molar-refractivity contribution >= 4 is 11.9 Å². The van der Waals surface area contributed by atoms with Crippen molar-refractivity contribution in [3.05, 3.63) is 0 Å². The average Bonchev–Trinajstić information content (AvgIpc) is 2.23. The molecule has 0 atom stereocenters. The molecule has 0 radical (unpaired) electrons. The number of urea groups is 1. The van der Waals surface area contributed by atoms with Gasteiger partial charge in [0.15, 0.2) is 0 Å². The molecule has 1 aliphatic carbocycles. The fraction of sp³-hybridized carbons (Fsp3) is 0.818. The molecule has 0 aromatic carbocycles. The summed E-state index contributed by atoms with van der Waals surface area (Å²) in [7, 11) is 0. The zero-order valence-electron chi connectivity index (χ0n) is 9.85. The van der Waals surface area contributed by atoms with E-state index < -0.39 is 30.2 Å². The minimum atomic E-state index is -4.55.